The van der Waals surface area contributed by atoms with Crippen LogP contribution in [0.5, 0.6) is 0 Å². The summed E-state index contributed by atoms with van der Waals surface area (Å²) in [6.45, 7) is 3.77. The molecule has 2 nitrogen and oxygen atoms in total. The van der Waals surface area contributed by atoms with Crippen molar-refractivity contribution in [2.75, 3.05) is 0 Å². The normalized spacial score (nSPS) is 8.22. The van der Waals surface area contributed by atoms with E-state index in [1.807, 2.05) is 13.8 Å². The van der Waals surface area contributed by atoms with E-state index >= 15 is 0 Å². The Bertz CT molecular complexity index is 171. The van der Waals surface area contributed by atoms with Crippen LogP contribution in [-0.4, -0.2) is 9.97 Å². The molecule has 0 bridgehead atoms. The Hall–Kier alpha value is -0.336. The molecular weight excluding hydrogens is 151 g/mol. The van der Waals surface area contributed by atoms with Crippen LogP contribution in [0.3, 0.4) is 0 Å². The molecule has 1 rings (SSSR count). The van der Waals surface area contributed by atoms with Crippen molar-refractivity contribution in [3.05, 3.63) is 23.8 Å². The first-order valence-electron chi connectivity index (χ1n) is 2.47. The van der Waals surface area contributed by atoms with Gasteiger partial charge in [-0.1, -0.05) is 25.7 Å². The van der Waals surface area contributed by atoms with E-state index in [9.17, 15) is 0 Å². The molecule has 9 heavy (non-hydrogen) atoms. The zero-order valence-electron chi connectivity index (χ0n) is 5.42. The first-order chi connectivity index (χ1) is 3.79. The maximum absolute atomic E-state index is 4.03. The van der Waals surface area contributed by atoms with E-state index in [0.29, 0.717) is 0 Å². The molecule has 0 saturated heterocycles. The Morgan fingerprint density at radius 3 is 2.44 bits per heavy atom. The zero-order valence-corrected chi connectivity index (χ0v) is 6.82. The number of hydrogen-bond acceptors (Lipinski definition) is 2. The first-order valence-corrected chi connectivity index (χ1v) is 2.47. The van der Waals surface area contributed by atoms with Crippen LogP contribution in [0.1, 0.15) is 11.5 Å². The van der Waals surface area contributed by atoms with E-state index in [-0.39, 0.29) is 18.6 Å². The molecule has 0 unspecified atom stereocenters. The van der Waals surface area contributed by atoms with Crippen LogP contribution >= 0.6 is 0 Å². The second-order valence-corrected chi connectivity index (χ2v) is 1.69. The standard InChI is InChI=1S/C6H7N2.V/c1-5-3-4-7-6(2)8-5;/h3H,1-2H3;/q-1;+2. The summed E-state index contributed by atoms with van der Waals surface area (Å²) in [6.07, 6.45) is 2.72. The summed E-state index contributed by atoms with van der Waals surface area (Å²) in [5.74, 6) is 0.782. The van der Waals surface area contributed by atoms with Gasteiger partial charge in [-0.15, -0.1) is 6.07 Å². The van der Waals surface area contributed by atoms with Gasteiger partial charge in [0.2, 0.25) is 0 Å². The van der Waals surface area contributed by atoms with Crippen molar-refractivity contribution >= 4 is 0 Å². The van der Waals surface area contributed by atoms with Crippen molar-refractivity contribution < 1.29 is 18.6 Å². The molecule has 1 aromatic heterocycles. The summed E-state index contributed by atoms with van der Waals surface area (Å²) in [7, 11) is 0. The number of aromatic nitrogens is 2. The third kappa shape index (κ3) is 2.63. The van der Waals surface area contributed by atoms with Crippen LogP contribution < -0.4 is 0 Å². The van der Waals surface area contributed by atoms with E-state index in [1.54, 1.807) is 6.07 Å². The fraction of sp³-hybridized carbons (Fsp3) is 0.333. The molecule has 0 spiro atoms. The molecule has 1 heterocycles. The van der Waals surface area contributed by atoms with Gasteiger partial charge >= 0.3 is 18.6 Å². The van der Waals surface area contributed by atoms with E-state index in [0.717, 1.165) is 11.5 Å². The van der Waals surface area contributed by atoms with Crippen LogP contribution in [0.2, 0.25) is 0 Å². The molecule has 0 atom stereocenters. The molecule has 0 saturated carbocycles. The fourth-order valence-corrected chi connectivity index (χ4v) is 0.532. The Labute approximate surface area is 66.6 Å². The topological polar surface area (TPSA) is 25.8 Å². The van der Waals surface area contributed by atoms with Crippen molar-refractivity contribution in [1.29, 1.82) is 0 Å². The van der Waals surface area contributed by atoms with Gasteiger partial charge in [-0.05, 0) is 0 Å². The minimum Gasteiger partial charge on any atom is -0.373 e. The van der Waals surface area contributed by atoms with E-state index in [4.69, 9.17) is 0 Å². The van der Waals surface area contributed by atoms with Gasteiger partial charge in [0.05, 0.1) is 0 Å². The summed E-state index contributed by atoms with van der Waals surface area (Å²) in [6, 6.07) is 1.76. The molecular formula is C6H7N2V+. The number of hydrogen-bond donors (Lipinski definition) is 0. The quantitative estimate of drug-likeness (QED) is 0.524. The van der Waals surface area contributed by atoms with Crippen LogP contribution in [0.4, 0.5) is 0 Å². The number of nitrogens with zero attached hydrogens (tertiary/aromatic N) is 2. The van der Waals surface area contributed by atoms with Crippen molar-refractivity contribution in [2.24, 2.45) is 0 Å². The summed E-state index contributed by atoms with van der Waals surface area (Å²) in [5, 5.41) is 0. The average Bonchev–Trinajstić information content (AvgIpc) is 1.64. The largest absolute Gasteiger partial charge is 2.00 e. The van der Waals surface area contributed by atoms with Crippen molar-refractivity contribution in [1.82, 2.24) is 9.97 Å². The van der Waals surface area contributed by atoms with Gasteiger partial charge in [0.1, 0.15) is 0 Å². The van der Waals surface area contributed by atoms with E-state index in [2.05, 4.69) is 16.2 Å². The van der Waals surface area contributed by atoms with Crippen LogP contribution in [0.15, 0.2) is 6.07 Å². The molecule has 0 fully saturated rings. The Morgan fingerprint density at radius 2 is 2.11 bits per heavy atom. The zero-order chi connectivity index (χ0) is 5.98. The van der Waals surface area contributed by atoms with Gasteiger partial charge in [0, 0.05) is 5.82 Å². The van der Waals surface area contributed by atoms with Crippen molar-refractivity contribution in [3.63, 3.8) is 0 Å². The molecule has 1 aromatic rings. The molecule has 1 radical (unpaired) electrons. The average molecular weight is 158 g/mol. The first kappa shape index (κ1) is 8.66. The summed E-state index contributed by atoms with van der Waals surface area (Å²) < 4.78 is 0. The Balaban J connectivity index is 0.000000640. The second kappa shape index (κ2) is 3.64. The van der Waals surface area contributed by atoms with Crippen molar-refractivity contribution in [3.8, 4) is 0 Å². The SMILES string of the molecule is Cc1c[c-]nc(C)n1.[V+2]. The Morgan fingerprint density at radius 1 is 1.44 bits per heavy atom. The van der Waals surface area contributed by atoms with E-state index in [1.165, 1.54) is 0 Å². The molecule has 45 valence electrons. The molecule has 0 amide bonds. The van der Waals surface area contributed by atoms with Crippen LogP contribution in [-0.2, 0) is 18.6 Å². The third-order valence-corrected chi connectivity index (χ3v) is 0.838. The van der Waals surface area contributed by atoms with Gasteiger partial charge in [-0.3, -0.25) is 0 Å². The minimum absolute atomic E-state index is 0. The van der Waals surface area contributed by atoms with Gasteiger partial charge in [-0.25, -0.2) is 0 Å². The fourth-order valence-electron chi connectivity index (χ4n) is 0.532. The third-order valence-electron chi connectivity index (χ3n) is 0.838. The second-order valence-electron chi connectivity index (χ2n) is 1.69. The maximum atomic E-state index is 4.03. The smallest absolute Gasteiger partial charge is 0.373 e. The number of rotatable bonds is 0. The van der Waals surface area contributed by atoms with E-state index < -0.39 is 0 Å². The minimum atomic E-state index is 0. The van der Waals surface area contributed by atoms with Gasteiger partial charge in [0.15, 0.2) is 0 Å². The molecule has 0 aliphatic heterocycles. The monoisotopic (exact) mass is 158 g/mol. The molecule has 0 N–H and O–H groups in total. The van der Waals surface area contributed by atoms with Gasteiger partial charge in [-0.2, -0.15) is 0 Å². The molecule has 3 heteroatoms. The van der Waals surface area contributed by atoms with Crippen LogP contribution in [0.25, 0.3) is 0 Å². The predicted octanol–water partition coefficient (Wildman–Crippen LogP) is 0.891. The Kier molecular flexibility index (Phi) is 3.51. The van der Waals surface area contributed by atoms with Gasteiger partial charge in [0.25, 0.3) is 0 Å². The van der Waals surface area contributed by atoms with Crippen molar-refractivity contribution in [2.45, 2.75) is 13.8 Å². The van der Waals surface area contributed by atoms with Crippen LogP contribution in [0, 0.1) is 20.0 Å². The number of aryl methyl sites for hydroxylation is 2. The molecule has 0 aromatic carbocycles. The molecule has 0 aliphatic carbocycles. The van der Waals surface area contributed by atoms with Gasteiger partial charge < -0.3 is 9.97 Å². The summed E-state index contributed by atoms with van der Waals surface area (Å²) >= 11 is 0. The molecule has 0 aliphatic rings. The maximum Gasteiger partial charge on any atom is 2.00 e. The summed E-state index contributed by atoms with van der Waals surface area (Å²) in [5.41, 5.74) is 0.970. The predicted molar refractivity (Wildman–Crippen MR) is 30.3 cm³/mol. The summed E-state index contributed by atoms with van der Waals surface area (Å²) in [4.78, 5) is 7.84.